The van der Waals surface area contributed by atoms with Crippen molar-refractivity contribution in [3.63, 3.8) is 0 Å². The molecule has 0 aliphatic rings. The van der Waals surface area contributed by atoms with E-state index in [-0.39, 0.29) is 16.7 Å². The van der Waals surface area contributed by atoms with Gasteiger partial charge in [-0.15, -0.1) is 0 Å². The molecule has 1 rings (SSSR count). The van der Waals surface area contributed by atoms with E-state index in [1.807, 2.05) is 19.9 Å². The Morgan fingerprint density at radius 3 is 2.73 bits per heavy atom. The van der Waals surface area contributed by atoms with Crippen LogP contribution in [0.1, 0.15) is 24.2 Å². The average molecular weight is 227 g/mol. The Morgan fingerprint density at radius 2 is 2.33 bits per heavy atom. The van der Waals surface area contributed by atoms with Crippen molar-refractivity contribution >= 4 is 17.5 Å². The second-order valence-corrected chi connectivity index (χ2v) is 3.78. The number of hydrogen-bond donors (Lipinski definition) is 1. The van der Waals surface area contributed by atoms with Gasteiger partial charge in [0.2, 0.25) is 5.22 Å². The molecule has 0 aliphatic heterocycles. The first-order valence-electron chi connectivity index (χ1n) is 4.49. The van der Waals surface area contributed by atoms with Crippen LogP contribution in [0.25, 0.3) is 0 Å². The normalized spacial score (nSPS) is 12.2. The minimum atomic E-state index is -0.525. The van der Waals surface area contributed by atoms with Crippen LogP contribution in [0.2, 0.25) is 5.22 Å². The number of halogens is 1. The van der Waals surface area contributed by atoms with E-state index in [2.05, 4.69) is 5.32 Å². The molecule has 0 saturated carbocycles. The van der Waals surface area contributed by atoms with Gasteiger partial charge < -0.3 is 9.73 Å². The minimum Gasteiger partial charge on any atom is -0.452 e. The molecule has 0 aromatic carbocycles. The summed E-state index contributed by atoms with van der Waals surface area (Å²) in [5.41, 5.74) is 0.248. The van der Waals surface area contributed by atoms with Crippen LogP contribution in [0.5, 0.6) is 0 Å². The molecule has 1 unspecified atom stereocenters. The van der Waals surface area contributed by atoms with E-state index in [1.165, 1.54) is 12.3 Å². The molecule has 0 fully saturated rings. The Morgan fingerprint density at radius 1 is 1.67 bits per heavy atom. The molecule has 15 heavy (non-hydrogen) atoms. The Labute approximate surface area is 92.8 Å². The molecule has 80 valence electrons. The maximum Gasteiger partial charge on any atom is 0.257 e. The van der Waals surface area contributed by atoms with Gasteiger partial charge >= 0.3 is 0 Å². The van der Waals surface area contributed by atoms with Crippen LogP contribution in [0.4, 0.5) is 0 Å². The largest absolute Gasteiger partial charge is 0.452 e. The van der Waals surface area contributed by atoms with Crippen molar-refractivity contribution in [2.45, 2.75) is 19.9 Å². The van der Waals surface area contributed by atoms with E-state index < -0.39 is 11.9 Å². The van der Waals surface area contributed by atoms with E-state index in [1.54, 1.807) is 0 Å². The summed E-state index contributed by atoms with van der Waals surface area (Å²) in [6.07, 6.45) is 1.33. The van der Waals surface area contributed by atoms with Gasteiger partial charge in [-0.3, -0.25) is 4.79 Å². The van der Waals surface area contributed by atoms with Crippen LogP contribution in [-0.4, -0.2) is 11.9 Å². The molecular formula is C10H11ClN2O2. The molecule has 1 aromatic rings. The van der Waals surface area contributed by atoms with Gasteiger partial charge in [0.1, 0.15) is 6.04 Å². The Bertz CT molecular complexity index is 392. The van der Waals surface area contributed by atoms with E-state index in [9.17, 15) is 4.79 Å². The van der Waals surface area contributed by atoms with Crippen LogP contribution in [0.3, 0.4) is 0 Å². The van der Waals surface area contributed by atoms with Crippen LogP contribution in [0.15, 0.2) is 16.7 Å². The summed E-state index contributed by atoms with van der Waals surface area (Å²) in [5.74, 6) is -0.348. The summed E-state index contributed by atoms with van der Waals surface area (Å²) in [7, 11) is 0. The number of amides is 1. The summed E-state index contributed by atoms with van der Waals surface area (Å²) in [5, 5.41) is 11.4. The highest BCUT2D eigenvalue weighted by atomic mass is 35.5. The number of rotatable bonds is 3. The summed E-state index contributed by atoms with van der Waals surface area (Å²) < 4.78 is 4.78. The fraction of sp³-hybridized carbons (Fsp3) is 0.400. The smallest absolute Gasteiger partial charge is 0.257 e. The quantitative estimate of drug-likeness (QED) is 0.859. The molecule has 0 bridgehead atoms. The van der Waals surface area contributed by atoms with Crippen LogP contribution in [-0.2, 0) is 0 Å². The van der Waals surface area contributed by atoms with Crippen molar-refractivity contribution in [1.29, 1.82) is 5.26 Å². The Kier molecular flexibility index (Phi) is 3.75. The summed E-state index contributed by atoms with van der Waals surface area (Å²) >= 11 is 5.63. The third kappa shape index (κ3) is 2.74. The van der Waals surface area contributed by atoms with E-state index >= 15 is 0 Å². The van der Waals surface area contributed by atoms with Gasteiger partial charge in [0.05, 0.1) is 17.9 Å². The molecular weight excluding hydrogens is 216 g/mol. The number of carbonyl (C=O) groups excluding carboxylic acids is 1. The zero-order chi connectivity index (χ0) is 11.4. The fourth-order valence-corrected chi connectivity index (χ4v) is 1.22. The lowest BCUT2D eigenvalue weighted by atomic mass is 10.1. The monoisotopic (exact) mass is 226 g/mol. The SMILES string of the molecule is CC(C)C(C#N)NC(=O)c1ccoc1Cl. The number of nitrogens with one attached hydrogen (secondary N) is 1. The van der Waals surface area contributed by atoms with Crippen LogP contribution < -0.4 is 5.32 Å². The molecule has 1 N–H and O–H groups in total. The average Bonchev–Trinajstić information content (AvgIpc) is 2.60. The molecule has 0 saturated heterocycles. The fourth-order valence-electron chi connectivity index (χ4n) is 1.02. The molecule has 1 heterocycles. The topological polar surface area (TPSA) is 66.0 Å². The maximum atomic E-state index is 11.6. The van der Waals surface area contributed by atoms with Crippen molar-refractivity contribution in [2.24, 2.45) is 5.92 Å². The zero-order valence-electron chi connectivity index (χ0n) is 8.45. The third-order valence-electron chi connectivity index (χ3n) is 1.95. The lowest BCUT2D eigenvalue weighted by Gasteiger charge is -2.13. The number of nitrogens with zero attached hydrogens (tertiary/aromatic N) is 1. The summed E-state index contributed by atoms with van der Waals surface area (Å²) in [6, 6.07) is 2.95. The predicted octanol–water partition coefficient (Wildman–Crippen LogP) is 2.21. The number of carbonyl (C=O) groups is 1. The molecule has 1 aromatic heterocycles. The molecule has 1 atom stereocenters. The van der Waals surface area contributed by atoms with E-state index in [0.29, 0.717) is 0 Å². The van der Waals surface area contributed by atoms with Gasteiger partial charge in [-0.25, -0.2) is 0 Å². The number of nitriles is 1. The standard InChI is InChI=1S/C10H11ClN2O2/c1-6(2)8(5-12)13-10(14)7-3-4-15-9(7)11/h3-4,6,8H,1-2H3,(H,13,14). The van der Waals surface area contributed by atoms with Gasteiger partial charge in [-0.1, -0.05) is 13.8 Å². The summed E-state index contributed by atoms with van der Waals surface area (Å²) in [6.45, 7) is 3.70. The first-order chi connectivity index (χ1) is 7.06. The molecule has 0 aliphatic carbocycles. The van der Waals surface area contributed by atoms with E-state index in [4.69, 9.17) is 21.3 Å². The minimum absolute atomic E-state index is 0.0351. The van der Waals surface area contributed by atoms with Crippen LogP contribution >= 0.6 is 11.6 Å². The highest BCUT2D eigenvalue weighted by molar-refractivity contribution is 6.32. The van der Waals surface area contributed by atoms with Crippen molar-refractivity contribution in [3.05, 3.63) is 23.1 Å². The second kappa shape index (κ2) is 4.85. The van der Waals surface area contributed by atoms with Crippen molar-refractivity contribution in [3.8, 4) is 6.07 Å². The third-order valence-corrected chi connectivity index (χ3v) is 2.25. The van der Waals surface area contributed by atoms with Gasteiger partial charge in [0.15, 0.2) is 0 Å². The molecule has 5 heteroatoms. The van der Waals surface area contributed by atoms with Gasteiger partial charge in [-0.05, 0) is 23.6 Å². The van der Waals surface area contributed by atoms with Gasteiger partial charge in [-0.2, -0.15) is 5.26 Å². The van der Waals surface area contributed by atoms with Crippen molar-refractivity contribution in [1.82, 2.24) is 5.32 Å². The number of hydrogen-bond acceptors (Lipinski definition) is 3. The second-order valence-electron chi connectivity index (χ2n) is 3.43. The maximum absolute atomic E-state index is 11.6. The zero-order valence-corrected chi connectivity index (χ0v) is 9.21. The highest BCUT2D eigenvalue weighted by Gasteiger charge is 2.19. The number of furan rings is 1. The van der Waals surface area contributed by atoms with Crippen molar-refractivity contribution < 1.29 is 9.21 Å². The lowest BCUT2D eigenvalue weighted by Crippen LogP contribution is -2.37. The first-order valence-corrected chi connectivity index (χ1v) is 4.87. The first kappa shape index (κ1) is 11.6. The lowest BCUT2D eigenvalue weighted by molar-refractivity contribution is 0.0937. The van der Waals surface area contributed by atoms with Gasteiger partial charge in [0.25, 0.3) is 5.91 Å². The molecule has 1 amide bonds. The highest BCUT2D eigenvalue weighted by Crippen LogP contribution is 2.16. The van der Waals surface area contributed by atoms with E-state index in [0.717, 1.165) is 0 Å². The molecule has 4 nitrogen and oxygen atoms in total. The van der Waals surface area contributed by atoms with Gasteiger partial charge in [0, 0.05) is 0 Å². The van der Waals surface area contributed by atoms with Crippen molar-refractivity contribution in [2.75, 3.05) is 0 Å². The van der Waals surface area contributed by atoms with Crippen LogP contribution in [0, 0.1) is 17.2 Å². The summed E-state index contributed by atoms with van der Waals surface area (Å²) in [4.78, 5) is 11.6. The predicted molar refractivity (Wildman–Crippen MR) is 55.4 cm³/mol. The Hall–Kier alpha value is -1.47. The Balaban J connectivity index is 2.72. The molecule has 0 radical (unpaired) electrons. The molecule has 0 spiro atoms.